The van der Waals surface area contributed by atoms with E-state index in [0.29, 0.717) is 28.1 Å². The highest BCUT2D eigenvalue weighted by atomic mass is 32.2. The predicted octanol–water partition coefficient (Wildman–Crippen LogP) is 5.51. The minimum atomic E-state index is -4.45. The Labute approximate surface area is 182 Å². The smallest absolute Gasteiger partial charge is 0.416 e. The number of aromatic nitrogens is 1. The summed E-state index contributed by atoms with van der Waals surface area (Å²) in [6.07, 6.45) is -1.36. The molecule has 0 amide bonds. The highest BCUT2D eigenvalue weighted by Gasteiger charge is 2.30. The molecule has 4 aromatic rings. The van der Waals surface area contributed by atoms with E-state index in [9.17, 15) is 21.6 Å². The second-order valence-corrected chi connectivity index (χ2v) is 8.68. The Hall–Kier alpha value is -3.43. The van der Waals surface area contributed by atoms with Gasteiger partial charge in [0.2, 0.25) is 10.0 Å². The molecule has 2 aromatic heterocycles. The van der Waals surface area contributed by atoms with Gasteiger partial charge in [0.1, 0.15) is 5.69 Å². The molecule has 0 atom stereocenters. The monoisotopic (exact) mass is 458 g/mol. The van der Waals surface area contributed by atoms with E-state index in [2.05, 4.69) is 9.71 Å². The van der Waals surface area contributed by atoms with Gasteiger partial charge in [-0.05, 0) is 59.2 Å². The van der Waals surface area contributed by atoms with E-state index in [-0.39, 0.29) is 11.4 Å². The van der Waals surface area contributed by atoms with Crippen LogP contribution in [0.1, 0.15) is 11.1 Å². The van der Waals surface area contributed by atoms with Crippen LogP contribution in [0.2, 0.25) is 0 Å². The number of benzene rings is 2. The van der Waals surface area contributed by atoms with Crippen molar-refractivity contribution in [3.8, 4) is 22.6 Å². The number of hydrogen-bond donors (Lipinski definition) is 1. The molecule has 1 N–H and O–H groups in total. The number of furan rings is 1. The molecule has 4 rings (SSSR count). The third-order valence-electron chi connectivity index (χ3n) is 4.79. The van der Waals surface area contributed by atoms with E-state index < -0.39 is 21.8 Å². The van der Waals surface area contributed by atoms with Crippen LogP contribution < -0.4 is 4.72 Å². The first kappa shape index (κ1) is 21.8. The number of hydrogen-bond acceptors (Lipinski definition) is 4. The molecule has 0 aliphatic carbocycles. The van der Waals surface area contributed by atoms with Crippen LogP contribution in [0, 0.1) is 0 Å². The summed E-state index contributed by atoms with van der Waals surface area (Å²) in [5.74, 6) is 0.519. The van der Waals surface area contributed by atoms with Gasteiger partial charge in [-0.1, -0.05) is 30.3 Å². The summed E-state index contributed by atoms with van der Waals surface area (Å²) in [5, 5.41) is 0. The van der Waals surface area contributed by atoms with Crippen LogP contribution in [-0.4, -0.2) is 13.4 Å². The van der Waals surface area contributed by atoms with E-state index in [1.165, 1.54) is 42.7 Å². The number of nitrogens with one attached hydrogen (secondary N) is 1. The van der Waals surface area contributed by atoms with E-state index in [1.54, 1.807) is 30.5 Å². The molecule has 9 heteroatoms. The second-order valence-electron chi connectivity index (χ2n) is 6.92. The molecule has 5 nitrogen and oxygen atoms in total. The van der Waals surface area contributed by atoms with Crippen molar-refractivity contribution in [2.75, 3.05) is 0 Å². The molecule has 0 aliphatic heterocycles. The van der Waals surface area contributed by atoms with Crippen molar-refractivity contribution < 1.29 is 26.0 Å². The Kier molecular flexibility index (Phi) is 5.86. The number of pyridine rings is 1. The number of nitrogens with zero attached hydrogens (tertiary/aromatic N) is 1. The van der Waals surface area contributed by atoms with E-state index in [0.717, 1.165) is 12.1 Å². The third kappa shape index (κ3) is 4.74. The molecule has 32 heavy (non-hydrogen) atoms. The average molecular weight is 458 g/mol. The molecule has 0 saturated heterocycles. The molecule has 0 spiro atoms. The van der Waals surface area contributed by atoms with Gasteiger partial charge < -0.3 is 4.42 Å². The van der Waals surface area contributed by atoms with Crippen molar-refractivity contribution in [2.45, 2.75) is 17.6 Å². The van der Waals surface area contributed by atoms with Crippen LogP contribution in [0.3, 0.4) is 0 Å². The van der Waals surface area contributed by atoms with Crippen LogP contribution in [0.4, 0.5) is 13.2 Å². The lowest BCUT2D eigenvalue weighted by Crippen LogP contribution is -2.23. The van der Waals surface area contributed by atoms with Crippen molar-refractivity contribution in [1.82, 2.24) is 9.71 Å². The molecule has 0 radical (unpaired) electrons. The summed E-state index contributed by atoms with van der Waals surface area (Å²) in [5.41, 5.74) is 1.21. The van der Waals surface area contributed by atoms with Crippen molar-refractivity contribution in [1.29, 1.82) is 0 Å². The number of rotatable bonds is 6. The lowest BCUT2D eigenvalue weighted by Gasteiger charge is -2.11. The first-order valence-electron chi connectivity index (χ1n) is 9.49. The van der Waals surface area contributed by atoms with Crippen LogP contribution in [0.25, 0.3) is 22.6 Å². The molecule has 2 aromatic carbocycles. The maximum Gasteiger partial charge on any atom is 0.416 e. The quantitative estimate of drug-likeness (QED) is 0.414. The molecule has 2 heterocycles. The topological polar surface area (TPSA) is 72.2 Å². The summed E-state index contributed by atoms with van der Waals surface area (Å²) >= 11 is 0. The second kappa shape index (κ2) is 8.60. The van der Waals surface area contributed by atoms with Crippen LogP contribution >= 0.6 is 0 Å². The summed E-state index contributed by atoms with van der Waals surface area (Å²) in [6, 6.07) is 17.4. The maximum absolute atomic E-state index is 12.9. The minimum absolute atomic E-state index is 0.00309. The van der Waals surface area contributed by atoms with Gasteiger partial charge in [0.15, 0.2) is 5.76 Å². The highest BCUT2D eigenvalue weighted by Crippen LogP contribution is 2.32. The lowest BCUT2D eigenvalue weighted by atomic mass is 10.0. The SMILES string of the molecule is O=S(=O)(NCc1cccnc1-c1ccco1)c1ccc(-c2cccc(C(F)(F)F)c2)cc1. The first-order chi connectivity index (χ1) is 15.2. The van der Waals surface area contributed by atoms with Gasteiger partial charge in [-0.3, -0.25) is 4.98 Å². The van der Waals surface area contributed by atoms with Gasteiger partial charge in [-0.2, -0.15) is 13.2 Å². The van der Waals surface area contributed by atoms with Crippen molar-refractivity contribution in [3.05, 3.63) is 96.4 Å². The Morgan fingerprint density at radius 1 is 0.906 bits per heavy atom. The summed E-state index contributed by atoms with van der Waals surface area (Å²) in [7, 11) is -3.86. The molecule has 0 aliphatic rings. The van der Waals surface area contributed by atoms with Gasteiger partial charge >= 0.3 is 6.18 Å². The van der Waals surface area contributed by atoms with Gasteiger partial charge in [-0.15, -0.1) is 0 Å². The molecular weight excluding hydrogens is 441 g/mol. The van der Waals surface area contributed by atoms with Crippen molar-refractivity contribution in [3.63, 3.8) is 0 Å². The summed E-state index contributed by atoms with van der Waals surface area (Å²) in [4.78, 5) is 4.25. The normalized spacial score (nSPS) is 12.1. The van der Waals surface area contributed by atoms with E-state index in [1.807, 2.05) is 0 Å². The Bertz CT molecular complexity index is 1320. The molecular formula is C23H17F3N2O3S. The minimum Gasteiger partial charge on any atom is -0.463 e. The summed E-state index contributed by atoms with van der Waals surface area (Å²) in [6.45, 7) is -0.0123. The number of sulfonamides is 1. The maximum atomic E-state index is 12.9. The molecule has 0 saturated carbocycles. The van der Waals surface area contributed by atoms with Crippen LogP contribution in [0.5, 0.6) is 0 Å². The first-order valence-corrected chi connectivity index (χ1v) is 11.0. The zero-order valence-corrected chi connectivity index (χ0v) is 17.3. The largest absolute Gasteiger partial charge is 0.463 e. The van der Waals surface area contributed by atoms with Gasteiger partial charge in [-0.25, -0.2) is 13.1 Å². The fourth-order valence-corrected chi connectivity index (χ4v) is 4.18. The molecule has 0 fully saturated rings. The Morgan fingerprint density at radius 3 is 2.38 bits per heavy atom. The predicted molar refractivity (Wildman–Crippen MR) is 113 cm³/mol. The number of halogens is 3. The van der Waals surface area contributed by atoms with Crippen molar-refractivity contribution >= 4 is 10.0 Å². The fourth-order valence-electron chi connectivity index (χ4n) is 3.17. The zero-order chi connectivity index (χ0) is 22.8. The van der Waals surface area contributed by atoms with Crippen molar-refractivity contribution in [2.24, 2.45) is 0 Å². The average Bonchev–Trinajstić information content (AvgIpc) is 3.32. The van der Waals surface area contributed by atoms with Gasteiger partial charge in [0, 0.05) is 12.7 Å². The zero-order valence-electron chi connectivity index (χ0n) is 16.5. The standard InChI is InChI=1S/C23H17F3N2O3S/c24-23(25,26)19-6-1-4-17(14-19)16-8-10-20(11-9-16)32(29,30)28-15-18-5-2-12-27-22(18)21-7-3-13-31-21/h1-14,28H,15H2. The van der Waals surface area contributed by atoms with Gasteiger partial charge in [0.05, 0.1) is 16.7 Å². The molecule has 164 valence electrons. The fraction of sp³-hybridized carbons (Fsp3) is 0.0870. The van der Waals surface area contributed by atoms with Gasteiger partial charge in [0.25, 0.3) is 0 Å². The third-order valence-corrected chi connectivity index (χ3v) is 6.20. The van der Waals surface area contributed by atoms with Crippen LogP contribution in [0.15, 0.2) is 94.6 Å². The highest BCUT2D eigenvalue weighted by molar-refractivity contribution is 7.89. The Morgan fingerprint density at radius 2 is 1.69 bits per heavy atom. The van der Waals surface area contributed by atoms with Crippen LogP contribution in [-0.2, 0) is 22.7 Å². The summed E-state index contributed by atoms with van der Waals surface area (Å²) < 4.78 is 72.2. The van der Waals surface area contributed by atoms with E-state index >= 15 is 0 Å². The van der Waals surface area contributed by atoms with E-state index in [4.69, 9.17) is 4.42 Å². The lowest BCUT2D eigenvalue weighted by molar-refractivity contribution is -0.137. The molecule has 0 bridgehead atoms. The molecule has 0 unspecified atom stereocenters. The number of alkyl halides is 3. The Balaban J connectivity index is 1.53.